The van der Waals surface area contributed by atoms with Gasteiger partial charge >= 0.3 is 0 Å². The van der Waals surface area contributed by atoms with E-state index in [9.17, 15) is 4.79 Å². The molecule has 17 heavy (non-hydrogen) atoms. The fourth-order valence-corrected chi connectivity index (χ4v) is 1.81. The Morgan fingerprint density at radius 3 is 2.88 bits per heavy atom. The van der Waals surface area contributed by atoms with Crippen LogP contribution in [0.4, 0.5) is 0 Å². The molecule has 2 aromatic rings. The number of halogens is 1. The number of nitrogens with zero attached hydrogens (tertiary/aromatic N) is 5. The summed E-state index contributed by atoms with van der Waals surface area (Å²) in [5.41, 5.74) is -0.187. The molecular weight excluding hydrogens is 242 g/mol. The first-order valence-electron chi connectivity index (χ1n) is 5.22. The zero-order chi connectivity index (χ0) is 12.4. The second-order valence-corrected chi connectivity index (χ2v) is 3.93. The highest BCUT2D eigenvalue weighted by Gasteiger charge is 2.08. The standard InChI is InChI=1S/C10H12ClN5O/c1-3-16-9(12-6-13-16)5-15-7(2)14-8(11)4-10(15)17/h4,6H,3,5H2,1-2H3. The van der Waals surface area contributed by atoms with E-state index in [-0.39, 0.29) is 10.7 Å². The lowest BCUT2D eigenvalue weighted by Gasteiger charge is -2.08. The molecule has 2 heterocycles. The maximum atomic E-state index is 11.8. The topological polar surface area (TPSA) is 65.6 Å². The van der Waals surface area contributed by atoms with Crippen LogP contribution >= 0.6 is 11.6 Å². The second kappa shape index (κ2) is 4.67. The van der Waals surface area contributed by atoms with Crippen LogP contribution in [0.25, 0.3) is 0 Å². The smallest absolute Gasteiger partial charge is 0.255 e. The summed E-state index contributed by atoms with van der Waals surface area (Å²) in [5, 5.41) is 4.26. The Morgan fingerprint density at radius 2 is 2.24 bits per heavy atom. The minimum atomic E-state index is -0.187. The molecule has 0 spiro atoms. The van der Waals surface area contributed by atoms with Gasteiger partial charge in [0.1, 0.15) is 23.1 Å². The largest absolute Gasteiger partial charge is 0.289 e. The molecule has 6 nitrogen and oxygen atoms in total. The van der Waals surface area contributed by atoms with Crippen LogP contribution in [0.2, 0.25) is 5.15 Å². The van der Waals surface area contributed by atoms with Crippen molar-refractivity contribution in [1.29, 1.82) is 0 Å². The Labute approximate surface area is 103 Å². The third-order valence-electron chi connectivity index (χ3n) is 2.46. The van der Waals surface area contributed by atoms with E-state index in [1.165, 1.54) is 17.0 Å². The number of aromatic nitrogens is 5. The SMILES string of the molecule is CCn1ncnc1Cn1c(C)nc(Cl)cc1=O. The highest BCUT2D eigenvalue weighted by molar-refractivity contribution is 6.29. The third-order valence-corrected chi connectivity index (χ3v) is 2.66. The van der Waals surface area contributed by atoms with Crippen molar-refractivity contribution in [3.63, 3.8) is 0 Å². The van der Waals surface area contributed by atoms with Gasteiger partial charge < -0.3 is 0 Å². The molecule has 2 rings (SSSR count). The van der Waals surface area contributed by atoms with E-state index >= 15 is 0 Å². The molecule has 0 fully saturated rings. The van der Waals surface area contributed by atoms with Crippen molar-refractivity contribution in [3.8, 4) is 0 Å². The highest BCUT2D eigenvalue weighted by Crippen LogP contribution is 2.03. The van der Waals surface area contributed by atoms with E-state index in [4.69, 9.17) is 11.6 Å². The minimum absolute atomic E-state index is 0.187. The molecule has 0 atom stereocenters. The summed E-state index contributed by atoms with van der Waals surface area (Å²) in [6, 6.07) is 1.29. The lowest BCUT2D eigenvalue weighted by atomic mass is 10.4. The predicted molar refractivity (Wildman–Crippen MR) is 63.0 cm³/mol. The van der Waals surface area contributed by atoms with Crippen molar-refractivity contribution in [2.24, 2.45) is 0 Å². The summed E-state index contributed by atoms with van der Waals surface area (Å²) in [5.74, 6) is 1.29. The molecule has 0 aromatic carbocycles. The van der Waals surface area contributed by atoms with Gasteiger partial charge in [0.05, 0.1) is 6.54 Å². The Morgan fingerprint density at radius 1 is 1.47 bits per heavy atom. The summed E-state index contributed by atoms with van der Waals surface area (Å²) in [6.07, 6.45) is 1.47. The summed E-state index contributed by atoms with van der Waals surface area (Å²) in [4.78, 5) is 19.9. The van der Waals surface area contributed by atoms with E-state index in [2.05, 4.69) is 15.1 Å². The van der Waals surface area contributed by atoms with Crippen LogP contribution in [-0.4, -0.2) is 24.3 Å². The van der Waals surface area contributed by atoms with Crippen molar-refractivity contribution in [3.05, 3.63) is 39.5 Å². The van der Waals surface area contributed by atoms with Gasteiger partial charge in [-0.2, -0.15) is 5.10 Å². The molecule has 0 saturated carbocycles. The van der Waals surface area contributed by atoms with Gasteiger partial charge in [-0.25, -0.2) is 14.6 Å². The molecule has 0 aliphatic rings. The Balaban J connectivity index is 2.40. The lowest BCUT2D eigenvalue weighted by molar-refractivity contribution is 0.574. The molecular formula is C10H12ClN5O. The molecule has 0 aliphatic heterocycles. The highest BCUT2D eigenvalue weighted by atomic mass is 35.5. The van der Waals surface area contributed by atoms with Gasteiger partial charge in [0, 0.05) is 12.6 Å². The summed E-state index contributed by atoms with van der Waals surface area (Å²) in [6.45, 7) is 4.76. The molecule has 0 radical (unpaired) electrons. The maximum Gasteiger partial charge on any atom is 0.255 e. The Kier molecular flexibility index (Phi) is 3.23. The summed E-state index contributed by atoms with van der Waals surface area (Å²) >= 11 is 5.71. The maximum absolute atomic E-state index is 11.8. The fraction of sp³-hybridized carbons (Fsp3) is 0.400. The van der Waals surface area contributed by atoms with Gasteiger partial charge in [-0.15, -0.1) is 0 Å². The van der Waals surface area contributed by atoms with Crippen LogP contribution in [0.1, 0.15) is 18.6 Å². The van der Waals surface area contributed by atoms with Crippen molar-refractivity contribution in [1.82, 2.24) is 24.3 Å². The van der Waals surface area contributed by atoms with Crippen molar-refractivity contribution in [2.75, 3.05) is 0 Å². The molecule has 0 bridgehead atoms. The van der Waals surface area contributed by atoms with Crippen LogP contribution < -0.4 is 5.56 Å². The molecule has 0 unspecified atom stereocenters. The molecule has 0 saturated heterocycles. The Hall–Kier alpha value is -1.69. The average molecular weight is 254 g/mol. The zero-order valence-electron chi connectivity index (χ0n) is 9.59. The number of aryl methyl sites for hydroxylation is 2. The van der Waals surface area contributed by atoms with Crippen LogP contribution in [0, 0.1) is 6.92 Å². The number of rotatable bonds is 3. The zero-order valence-corrected chi connectivity index (χ0v) is 10.3. The van der Waals surface area contributed by atoms with Crippen LogP contribution in [-0.2, 0) is 13.1 Å². The van der Waals surface area contributed by atoms with Crippen LogP contribution in [0.3, 0.4) is 0 Å². The van der Waals surface area contributed by atoms with Gasteiger partial charge in [-0.3, -0.25) is 9.36 Å². The van der Waals surface area contributed by atoms with Gasteiger partial charge in [0.15, 0.2) is 0 Å². The van der Waals surface area contributed by atoms with E-state index in [1.54, 1.807) is 11.6 Å². The Bertz CT molecular complexity index is 589. The van der Waals surface area contributed by atoms with E-state index in [1.807, 2.05) is 6.92 Å². The van der Waals surface area contributed by atoms with E-state index < -0.39 is 0 Å². The molecule has 0 N–H and O–H groups in total. The first-order valence-corrected chi connectivity index (χ1v) is 5.60. The summed E-state index contributed by atoms with van der Waals surface area (Å²) < 4.78 is 3.25. The first kappa shape index (κ1) is 11.8. The first-order chi connectivity index (χ1) is 8.11. The molecule has 2 aromatic heterocycles. The number of hydrogen-bond donors (Lipinski definition) is 0. The van der Waals surface area contributed by atoms with Crippen LogP contribution in [0.15, 0.2) is 17.2 Å². The average Bonchev–Trinajstić information content (AvgIpc) is 2.70. The minimum Gasteiger partial charge on any atom is -0.289 e. The number of hydrogen-bond acceptors (Lipinski definition) is 4. The fourth-order valence-electron chi connectivity index (χ4n) is 1.59. The van der Waals surface area contributed by atoms with E-state index in [0.29, 0.717) is 18.9 Å². The summed E-state index contributed by atoms with van der Waals surface area (Å²) in [7, 11) is 0. The molecule has 0 aliphatic carbocycles. The van der Waals surface area contributed by atoms with E-state index in [0.717, 1.165) is 5.82 Å². The third kappa shape index (κ3) is 2.36. The van der Waals surface area contributed by atoms with Gasteiger partial charge in [0.25, 0.3) is 5.56 Å². The normalized spacial score (nSPS) is 10.8. The predicted octanol–water partition coefficient (Wildman–Crippen LogP) is 0.865. The van der Waals surface area contributed by atoms with Crippen LogP contribution in [0.5, 0.6) is 0 Å². The van der Waals surface area contributed by atoms with Crippen molar-refractivity contribution < 1.29 is 0 Å². The quantitative estimate of drug-likeness (QED) is 0.761. The molecule has 0 amide bonds. The second-order valence-electron chi connectivity index (χ2n) is 3.54. The van der Waals surface area contributed by atoms with Crippen molar-refractivity contribution in [2.45, 2.75) is 26.9 Å². The van der Waals surface area contributed by atoms with Gasteiger partial charge in [0.2, 0.25) is 0 Å². The molecule has 7 heteroatoms. The lowest BCUT2D eigenvalue weighted by Crippen LogP contribution is -2.25. The van der Waals surface area contributed by atoms with Crippen molar-refractivity contribution >= 4 is 11.6 Å². The van der Waals surface area contributed by atoms with Gasteiger partial charge in [-0.05, 0) is 13.8 Å². The monoisotopic (exact) mass is 253 g/mol. The molecule has 90 valence electrons. The van der Waals surface area contributed by atoms with Gasteiger partial charge in [-0.1, -0.05) is 11.6 Å².